The maximum absolute atomic E-state index is 12.8. The maximum atomic E-state index is 12.8. The smallest absolute Gasteiger partial charge is 0.238 e. The summed E-state index contributed by atoms with van der Waals surface area (Å²) in [6.45, 7) is 0.691. The van der Waals surface area contributed by atoms with Crippen LogP contribution in [0, 0.1) is 11.8 Å². The van der Waals surface area contributed by atoms with Crippen LogP contribution in [0.15, 0.2) is 76.4 Å². The lowest BCUT2D eigenvalue weighted by molar-refractivity contribution is -0.133. The van der Waals surface area contributed by atoms with Gasteiger partial charge in [0.05, 0.1) is 17.4 Å². The molecule has 2 aromatic carbocycles. The summed E-state index contributed by atoms with van der Waals surface area (Å²) in [6.07, 6.45) is 5.34. The Bertz CT molecular complexity index is 1250. The van der Waals surface area contributed by atoms with Gasteiger partial charge < -0.3 is 15.1 Å². The van der Waals surface area contributed by atoms with Crippen LogP contribution in [0.5, 0.6) is 0 Å². The van der Waals surface area contributed by atoms with Crippen molar-refractivity contribution in [2.24, 2.45) is 17.0 Å². The number of hydrogen-bond acceptors (Lipinski definition) is 5. The van der Waals surface area contributed by atoms with E-state index in [1.807, 2.05) is 12.1 Å². The van der Waals surface area contributed by atoms with Gasteiger partial charge in [0.1, 0.15) is 0 Å². The number of hydrogen-bond donors (Lipinski definition) is 3. The molecule has 2 atom stereocenters. The van der Waals surface area contributed by atoms with Crippen LogP contribution in [-0.2, 0) is 32.7 Å². The Morgan fingerprint density at radius 3 is 2.09 bits per heavy atom. The van der Waals surface area contributed by atoms with Gasteiger partial charge in [-0.15, -0.1) is 0 Å². The molecule has 4 rings (SSSR count). The molecular weight excluding hydrogens is 454 g/mol. The number of rotatable bonds is 8. The van der Waals surface area contributed by atoms with E-state index in [1.54, 1.807) is 48.9 Å². The van der Waals surface area contributed by atoms with Crippen molar-refractivity contribution in [3.8, 4) is 11.1 Å². The Morgan fingerprint density at radius 1 is 0.882 bits per heavy atom. The first-order valence-electron chi connectivity index (χ1n) is 11.1. The van der Waals surface area contributed by atoms with Gasteiger partial charge in [0.25, 0.3) is 0 Å². The minimum absolute atomic E-state index is 0.0642. The number of nitrogens with one attached hydrogen (secondary N) is 2. The minimum Gasteiger partial charge on any atom is -0.472 e. The van der Waals surface area contributed by atoms with Gasteiger partial charge in [-0.3, -0.25) is 9.59 Å². The van der Waals surface area contributed by atoms with Crippen molar-refractivity contribution in [1.82, 2.24) is 10.6 Å². The molecule has 1 aromatic heterocycles. The van der Waals surface area contributed by atoms with Crippen molar-refractivity contribution in [1.29, 1.82) is 0 Å². The summed E-state index contributed by atoms with van der Waals surface area (Å²) in [5, 5.41) is 11.2. The van der Waals surface area contributed by atoms with Crippen LogP contribution in [0.2, 0.25) is 0 Å². The highest BCUT2D eigenvalue weighted by Gasteiger charge is 2.37. The fourth-order valence-corrected chi connectivity index (χ4v) is 5.14. The van der Waals surface area contributed by atoms with E-state index < -0.39 is 10.0 Å². The van der Waals surface area contributed by atoms with Gasteiger partial charge in [0.2, 0.25) is 21.8 Å². The molecular formula is C25H27N3O5S. The number of carbonyl (C=O) groups excluding carboxylic acids is 2. The molecule has 0 bridgehead atoms. The predicted octanol–water partition coefficient (Wildman–Crippen LogP) is 2.94. The molecule has 0 spiro atoms. The molecule has 3 aromatic rings. The highest BCUT2D eigenvalue weighted by Crippen LogP contribution is 2.32. The second-order valence-electron chi connectivity index (χ2n) is 8.45. The van der Waals surface area contributed by atoms with Crippen molar-refractivity contribution in [2.75, 3.05) is 0 Å². The average molecular weight is 482 g/mol. The molecule has 0 saturated heterocycles. The second-order valence-corrected chi connectivity index (χ2v) is 9.98. The van der Waals surface area contributed by atoms with Crippen LogP contribution in [0.3, 0.4) is 0 Å². The van der Waals surface area contributed by atoms with E-state index in [9.17, 15) is 18.0 Å². The van der Waals surface area contributed by atoms with E-state index in [0.717, 1.165) is 17.5 Å². The lowest BCUT2D eigenvalue weighted by Gasteiger charge is -2.19. The zero-order valence-electron chi connectivity index (χ0n) is 18.6. The summed E-state index contributed by atoms with van der Waals surface area (Å²) in [4.78, 5) is 25.5. The Hall–Kier alpha value is -3.43. The first-order chi connectivity index (χ1) is 16.3. The number of nitrogens with two attached hydrogens (primary N) is 1. The van der Waals surface area contributed by atoms with Gasteiger partial charge in [0, 0.05) is 36.1 Å². The molecule has 0 aliphatic heterocycles. The summed E-state index contributed by atoms with van der Waals surface area (Å²) in [5.74, 6) is -0.949. The van der Waals surface area contributed by atoms with Gasteiger partial charge >= 0.3 is 0 Å². The SMILES string of the molecule is NS(=O)(=O)c1ccccc1-c1ccc(CNC(=O)[C@@H]2CCC[C@H]2C(=O)NCc2ccoc2)cc1. The van der Waals surface area contributed by atoms with Crippen LogP contribution in [-0.4, -0.2) is 20.2 Å². The average Bonchev–Trinajstić information content (AvgIpc) is 3.53. The molecule has 9 heteroatoms. The van der Waals surface area contributed by atoms with Crippen molar-refractivity contribution in [3.05, 3.63) is 78.3 Å². The molecule has 8 nitrogen and oxygen atoms in total. The number of primary sulfonamides is 1. The van der Waals surface area contributed by atoms with Crippen molar-refractivity contribution >= 4 is 21.8 Å². The van der Waals surface area contributed by atoms with E-state index in [4.69, 9.17) is 9.56 Å². The third-order valence-electron chi connectivity index (χ3n) is 6.16. The van der Waals surface area contributed by atoms with Crippen LogP contribution < -0.4 is 15.8 Å². The molecule has 1 aliphatic rings. The molecule has 1 heterocycles. The summed E-state index contributed by atoms with van der Waals surface area (Å²) in [6, 6.07) is 15.6. The van der Waals surface area contributed by atoms with Crippen molar-refractivity contribution < 1.29 is 22.4 Å². The molecule has 1 aliphatic carbocycles. The van der Waals surface area contributed by atoms with E-state index in [2.05, 4.69) is 10.6 Å². The van der Waals surface area contributed by atoms with E-state index in [0.29, 0.717) is 37.1 Å². The van der Waals surface area contributed by atoms with Crippen molar-refractivity contribution in [3.63, 3.8) is 0 Å². The molecule has 2 amide bonds. The first-order valence-corrected chi connectivity index (χ1v) is 12.6. The molecule has 1 saturated carbocycles. The predicted molar refractivity (Wildman–Crippen MR) is 126 cm³/mol. The highest BCUT2D eigenvalue weighted by molar-refractivity contribution is 7.89. The van der Waals surface area contributed by atoms with Gasteiger partial charge in [-0.05, 0) is 36.1 Å². The fraction of sp³-hybridized carbons (Fsp3) is 0.280. The molecule has 178 valence electrons. The topological polar surface area (TPSA) is 132 Å². The molecule has 1 fully saturated rings. The number of carbonyl (C=O) groups is 2. The third-order valence-corrected chi connectivity index (χ3v) is 7.13. The number of furan rings is 1. The van der Waals surface area contributed by atoms with Crippen LogP contribution in [0.4, 0.5) is 0 Å². The Labute approximate surface area is 198 Å². The summed E-state index contributed by atoms with van der Waals surface area (Å²) in [5.41, 5.74) is 2.98. The van der Waals surface area contributed by atoms with Crippen LogP contribution in [0.25, 0.3) is 11.1 Å². The van der Waals surface area contributed by atoms with Gasteiger partial charge in [-0.1, -0.05) is 48.9 Å². The maximum Gasteiger partial charge on any atom is 0.238 e. The van der Waals surface area contributed by atoms with Crippen molar-refractivity contribution in [2.45, 2.75) is 37.2 Å². The molecule has 4 N–H and O–H groups in total. The van der Waals surface area contributed by atoms with Crippen LogP contribution >= 0.6 is 0 Å². The number of amides is 2. The first kappa shape index (κ1) is 23.7. The summed E-state index contributed by atoms with van der Waals surface area (Å²) >= 11 is 0. The zero-order chi connectivity index (χ0) is 24.1. The van der Waals surface area contributed by atoms with E-state index in [1.165, 1.54) is 6.07 Å². The lowest BCUT2D eigenvalue weighted by atomic mass is 9.94. The number of sulfonamides is 1. The summed E-state index contributed by atoms with van der Waals surface area (Å²) < 4.78 is 28.8. The molecule has 0 radical (unpaired) electrons. The van der Waals surface area contributed by atoms with E-state index in [-0.39, 0.29) is 28.5 Å². The standard InChI is InChI=1S/C25H27N3O5S/c26-34(31,32)23-7-2-1-4-20(23)19-10-8-17(9-11-19)14-27-24(29)21-5-3-6-22(21)25(30)28-15-18-12-13-33-16-18/h1-2,4,7-13,16,21-22H,3,5-6,14-15H2,(H,27,29)(H,28,30)(H2,26,31,32)/t21-,22-/m1/s1. The van der Waals surface area contributed by atoms with E-state index >= 15 is 0 Å². The van der Waals surface area contributed by atoms with Gasteiger partial charge in [-0.2, -0.15) is 0 Å². The van der Waals surface area contributed by atoms with Gasteiger partial charge in [0.15, 0.2) is 0 Å². The molecule has 34 heavy (non-hydrogen) atoms. The second kappa shape index (κ2) is 10.2. The molecule has 0 unspecified atom stereocenters. The number of benzene rings is 2. The quantitative estimate of drug-likeness (QED) is 0.455. The van der Waals surface area contributed by atoms with Gasteiger partial charge in [-0.25, -0.2) is 13.6 Å². The Balaban J connectivity index is 1.35. The zero-order valence-corrected chi connectivity index (χ0v) is 19.4. The fourth-order valence-electron chi connectivity index (χ4n) is 4.38. The Kier molecular flexibility index (Phi) is 7.14. The largest absolute Gasteiger partial charge is 0.472 e. The minimum atomic E-state index is -3.85. The highest BCUT2D eigenvalue weighted by atomic mass is 32.2. The third kappa shape index (κ3) is 5.55. The van der Waals surface area contributed by atoms with Crippen LogP contribution in [0.1, 0.15) is 30.4 Å². The normalized spacial score (nSPS) is 17.9. The lowest BCUT2D eigenvalue weighted by Crippen LogP contribution is -2.39. The monoisotopic (exact) mass is 481 g/mol. The Morgan fingerprint density at radius 2 is 1.50 bits per heavy atom. The summed E-state index contributed by atoms with van der Waals surface area (Å²) in [7, 11) is -3.85.